The molecule has 0 aromatic carbocycles. The highest BCUT2D eigenvalue weighted by Gasteiger charge is 2.39. The van der Waals surface area contributed by atoms with Gasteiger partial charge in [-0.1, -0.05) is 6.42 Å². The predicted octanol–water partition coefficient (Wildman–Crippen LogP) is 1.09. The van der Waals surface area contributed by atoms with Gasteiger partial charge in [-0.15, -0.1) is 12.4 Å². The molecule has 19 heavy (non-hydrogen) atoms. The Balaban J connectivity index is 0.00000133. The zero-order valence-electron chi connectivity index (χ0n) is 11.8. The molecule has 1 aliphatic heterocycles. The average Bonchev–Trinajstić information content (AvgIpc) is 3.10. The van der Waals surface area contributed by atoms with E-state index < -0.39 is 0 Å². The van der Waals surface area contributed by atoms with Gasteiger partial charge in [0.25, 0.3) is 0 Å². The Morgan fingerprint density at radius 3 is 2.63 bits per heavy atom. The highest BCUT2D eigenvalue weighted by molar-refractivity contribution is 5.85. The third-order valence-electron chi connectivity index (χ3n) is 5.08. The van der Waals surface area contributed by atoms with Crippen molar-refractivity contribution in [1.29, 1.82) is 0 Å². The highest BCUT2D eigenvalue weighted by Crippen LogP contribution is 2.35. The lowest BCUT2D eigenvalue weighted by atomic mass is 9.78. The molecule has 3 atom stereocenters. The molecule has 1 saturated heterocycles. The number of carbonyl (C=O) groups is 1. The summed E-state index contributed by atoms with van der Waals surface area (Å²) in [6, 6.07) is 0.898. The Morgan fingerprint density at radius 1 is 1.26 bits per heavy atom. The number of likely N-dealkylation sites (tertiary alicyclic amines) is 1. The number of fused-ring (bicyclic) bond motifs is 1. The van der Waals surface area contributed by atoms with E-state index >= 15 is 0 Å². The largest absolute Gasteiger partial charge is 0.342 e. The number of nitrogens with zero attached hydrogens (tertiary/aromatic N) is 2. The molecule has 0 spiro atoms. The summed E-state index contributed by atoms with van der Waals surface area (Å²) in [5.41, 5.74) is 6.21. The number of amides is 1. The van der Waals surface area contributed by atoms with Crippen LogP contribution in [0.4, 0.5) is 0 Å². The summed E-state index contributed by atoms with van der Waals surface area (Å²) in [5, 5.41) is 0. The van der Waals surface area contributed by atoms with E-state index in [2.05, 4.69) is 4.90 Å². The Labute approximate surface area is 122 Å². The maximum Gasteiger partial charge on any atom is 0.236 e. The zero-order valence-corrected chi connectivity index (χ0v) is 12.6. The van der Waals surface area contributed by atoms with Crippen LogP contribution in [-0.4, -0.2) is 54.5 Å². The first kappa shape index (κ1) is 15.1. The molecule has 2 aliphatic carbocycles. The van der Waals surface area contributed by atoms with E-state index in [-0.39, 0.29) is 12.4 Å². The minimum atomic E-state index is 0. The molecule has 2 saturated carbocycles. The van der Waals surface area contributed by atoms with Gasteiger partial charge in [0.1, 0.15) is 0 Å². The predicted molar refractivity (Wildman–Crippen MR) is 78.3 cm³/mol. The van der Waals surface area contributed by atoms with E-state index in [1.165, 1.54) is 32.1 Å². The molecule has 110 valence electrons. The van der Waals surface area contributed by atoms with Crippen molar-refractivity contribution in [3.05, 3.63) is 0 Å². The van der Waals surface area contributed by atoms with Crippen LogP contribution in [0, 0.1) is 11.8 Å². The van der Waals surface area contributed by atoms with Crippen molar-refractivity contribution in [1.82, 2.24) is 9.80 Å². The number of hydrogen-bond donors (Lipinski definition) is 1. The van der Waals surface area contributed by atoms with E-state index in [9.17, 15) is 4.79 Å². The van der Waals surface area contributed by atoms with Crippen molar-refractivity contribution in [3.8, 4) is 0 Å². The Kier molecular flexibility index (Phi) is 4.75. The summed E-state index contributed by atoms with van der Waals surface area (Å²) in [6.45, 7) is 2.73. The molecule has 1 heterocycles. The fourth-order valence-corrected chi connectivity index (χ4v) is 3.71. The summed E-state index contributed by atoms with van der Waals surface area (Å²) >= 11 is 0. The van der Waals surface area contributed by atoms with Gasteiger partial charge in [-0.25, -0.2) is 0 Å². The first-order chi connectivity index (χ1) is 8.65. The number of hydrogen-bond acceptors (Lipinski definition) is 3. The summed E-state index contributed by atoms with van der Waals surface area (Å²) in [5.74, 6) is 1.68. The van der Waals surface area contributed by atoms with Crippen LogP contribution in [0.2, 0.25) is 0 Å². The Morgan fingerprint density at radius 2 is 2.00 bits per heavy atom. The van der Waals surface area contributed by atoms with Crippen molar-refractivity contribution in [2.24, 2.45) is 17.6 Å². The average molecular weight is 288 g/mol. The number of nitrogens with two attached hydrogens (primary N) is 1. The number of likely N-dealkylation sites (N-methyl/N-ethyl adjacent to an activating group) is 1. The van der Waals surface area contributed by atoms with Crippen LogP contribution < -0.4 is 5.73 Å². The number of rotatable bonds is 3. The van der Waals surface area contributed by atoms with Crippen LogP contribution in [0.5, 0.6) is 0 Å². The van der Waals surface area contributed by atoms with E-state index in [0.29, 0.717) is 30.5 Å². The van der Waals surface area contributed by atoms with Crippen molar-refractivity contribution >= 4 is 18.3 Å². The molecule has 1 amide bonds. The van der Waals surface area contributed by atoms with E-state index in [1.807, 2.05) is 11.9 Å². The van der Waals surface area contributed by atoms with Gasteiger partial charge in [-0.2, -0.15) is 0 Å². The van der Waals surface area contributed by atoms with Crippen LogP contribution in [0.25, 0.3) is 0 Å². The second-order valence-electron chi connectivity index (χ2n) is 6.45. The molecule has 3 unspecified atom stereocenters. The minimum absolute atomic E-state index is 0. The first-order valence-corrected chi connectivity index (χ1v) is 7.38. The quantitative estimate of drug-likeness (QED) is 0.845. The molecule has 4 nitrogen and oxygen atoms in total. The molecule has 5 heteroatoms. The molecule has 0 bridgehead atoms. The monoisotopic (exact) mass is 287 g/mol. The number of halogens is 1. The van der Waals surface area contributed by atoms with Gasteiger partial charge in [0.15, 0.2) is 0 Å². The Bertz CT molecular complexity index is 335. The second-order valence-corrected chi connectivity index (χ2v) is 6.45. The molecule has 2 N–H and O–H groups in total. The van der Waals surface area contributed by atoms with Gasteiger partial charge in [0.05, 0.1) is 6.54 Å². The van der Waals surface area contributed by atoms with Crippen LogP contribution in [0.15, 0.2) is 0 Å². The van der Waals surface area contributed by atoms with Gasteiger partial charge >= 0.3 is 0 Å². The normalized spacial score (nSPS) is 34.5. The van der Waals surface area contributed by atoms with Crippen LogP contribution in [-0.2, 0) is 4.79 Å². The Hall–Kier alpha value is -0.320. The maximum atomic E-state index is 12.1. The lowest BCUT2D eigenvalue weighted by Crippen LogP contribution is -2.40. The van der Waals surface area contributed by atoms with Crippen molar-refractivity contribution in [2.45, 2.75) is 44.2 Å². The summed E-state index contributed by atoms with van der Waals surface area (Å²) in [6.07, 6.45) is 6.13. The van der Waals surface area contributed by atoms with Crippen LogP contribution in [0.3, 0.4) is 0 Å². The SMILES string of the molecule is CN(C(=O)CN1CC2CCCC(N)C2C1)C1CC1.Cl. The number of carbonyl (C=O) groups excluding carboxylic acids is 1. The lowest BCUT2D eigenvalue weighted by molar-refractivity contribution is -0.131. The first-order valence-electron chi connectivity index (χ1n) is 7.38. The summed E-state index contributed by atoms with van der Waals surface area (Å²) in [4.78, 5) is 16.4. The maximum absolute atomic E-state index is 12.1. The zero-order chi connectivity index (χ0) is 12.7. The smallest absolute Gasteiger partial charge is 0.236 e. The van der Waals surface area contributed by atoms with Crippen molar-refractivity contribution in [2.75, 3.05) is 26.7 Å². The fourth-order valence-electron chi connectivity index (χ4n) is 3.71. The van der Waals surface area contributed by atoms with E-state index in [1.54, 1.807) is 0 Å². The van der Waals surface area contributed by atoms with Gasteiger partial charge in [0.2, 0.25) is 5.91 Å². The van der Waals surface area contributed by atoms with Crippen LogP contribution in [0.1, 0.15) is 32.1 Å². The van der Waals surface area contributed by atoms with E-state index in [4.69, 9.17) is 5.73 Å². The van der Waals surface area contributed by atoms with Crippen molar-refractivity contribution < 1.29 is 4.79 Å². The highest BCUT2D eigenvalue weighted by atomic mass is 35.5. The molecular weight excluding hydrogens is 262 g/mol. The minimum Gasteiger partial charge on any atom is -0.342 e. The summed E-state index contributed by atoms with van der Waals surface area (Å²) < 4.78 is 0. The molecule has 3 aliphatic rings. The standard InChI is InChI=1S/C14H25N3O.ClH/c1-16(11-5-6-11)14(18)9-17-7-10-3-2-4-13(15)12(10)8-17;/h10-13H,2-9,15H2,1H3;1H. The molecular formula is C14H26ClN3O. The lowest BCUT2D eigenvalue weighted by Gasteiger charge is -2.29. The molecule has 3 fully saturated rings. The molecule has 0 radical (unpaired) electrons. The second kappa shape index (κ2) is 5.98. The van der Waals surface area contributed by atoms with Crippen molar-refractivity contribution in [3.63, 3.8) is 0 Å². The third kappa shape index (κ3) is 3.23. The van der Waals surface area contributed by atoms with Gasteiger partial charge < -0.3 is 10.6 Å². The molecule has 3 rings (SSSR count). The van der Waals surface area contributed by atoms with Gasteiger partial charge in [-0.3, -0.25) is 9.69 Å². The summed E-state index contributed by atoms with van der Waals surface area (Å²) in [7, 11) is 1.95. The van der Waals surface area contributed by atoms with E-state index in [0.717, 1.165) is 19.0 Å². The van der Waals surface area contributed by atoms with Gasteiger partial charge in [0, 0.05) is 32.2 Å². The topological polar surface area (TPSA) is 49.6 Å². The molecule has 0 aromatic heterocycles. The molecule has 0 aromatic rings. The third-order valence-corrected chi connectivity index (χ3v) is 5.08. The van der Waals surface area contributed by atoms with Gasteiger partial charge in [-0.05, 0) is 37.5 Å². The van der Waals surface area contributed by atoms with Crippen LogP contribution >= 0.6 is 12.4 Å². The fraction of sp³-hybridized carbons (Fsp3) is 0.929.